The third-order valence-corrected chi connectivity index (χ3v) is 7.13. The molecule has 0 aromatic heterocycles. The van der Waals surface area contributed by atoms with Gasteiger partial charge in [0, 0.05) is 59.1 Å². The highest BCUT2D eigenvalue weighted by atomic mass is 16.6. The van der Waals surface area contributed by atoms with Crippen molar-refractivity contribution >= 4 is 23.7 Å². The van der Waals surface area contributed by atoms with Gasteiger partial charge in [-0.3, -0.25) is 4.79 Å². The maximum Gasteiger partial charge on any atom is 0.410 e. The molecule has 270 valence electrons. The van der Waals surface area contributed by atoms with Gasteiger partial charge < -0.3 is 28.6 Å². The molecule has 1 fully saturated rings. The average molecular weight is 670 g/mol. The summed E-state index contributed by atoms with van der Waals surface area (Å²) in [6, 6.07) is 10.5. The zero-order valence-corrected chi connectivity index (χ0v) is 31.8. The minimum absolute atomic E-state index is 0.167. The number of fused-ring (bicyclic) bond motifs is 4. The van der Waals surface area contributed by atoms with Crippen molar-refractivity contribution in [1.82, 2.24) is 4.90 Å². The Labute approximate surface area is 291 Å². The second kappa shape index (κ2) is 24.6. The van der Waals surface area contributed by atoms with Crippen molar-refractivity contribution in [2.45, 2.75) is 112 Å². The number of amides is 1. The number of nitrogens with zero attached hydrogens (tertiary/aromatic N) is 1. The predicted octanol–water partition coefficient (Wildman–Crippen LogP) is 9.74. The molecule has 1 aliphatic carbocycles. The Morgan fingerprint density at radius 1 is 0.896 bits per heavy atom. The zero-order chi connectivity index (χ0) is 36.7. The largest absolute Gasteiger partial charge is 0.488 e. The van der Waals surface area contributed by atoms with Crippen LogP contribution in [0.4, 0.5) is 4.79 Å². The van der Waals surface area contributed by atoms with Crippen LogP contribution in [0.1, 0.15) is 120 Å². The van der Waals surface area contributed by atoms with Crippen molar-refractivity contribution in [1.29, 1.82) is 0 Å². The number of aryl methyl sites for hydroxylation is 1. The molecule has 8 nitrogen and oxygen atoms in total. The van der Waals surface area contributed by atoms with Crippen LogP contribution < -0.4 is 4.74 Å². The van der Waals surface area contributed by atoms with Crippen molar-refractivity contribution in [2.24, 2.45) is 0 Å². The summed E-state index contributed by atoms with van der Waals surface area (Å²) in [6.45, 7) is 19.7. The van der Waals surface area contributed by atoms with Gasteiger partial charge in [0.15, 0.2) is 5.78 Å². The zero-order valence-electron chi connectivity index (χ0n) is 31.8. The van der Waals surface area contributed by atoms with Gasteiger partial charge in [-0.1, -0.05) is 45.9 Å². The molecule has 2 heterocycles. The maximum atomic E-state index is 12.3. The Morgan fingerprint density at radius 3 is 2.02 bits per heavy atom. The van der Waals surface area contributed by atoms with Crippen LogP contribution in [0.2, 0.25) is 0 Å². The van der Waals surface area contributed by atoms with E-state index in [1.807, 2.05) is 46.8 Å². The average Bonchev–Trinajstić information content (AvgIpc) is 3.60. The fourth-order valence-electron chi connectivity index (χ4n) is 5.13. The van der Waals surface area contributed by atoms with Crippen LogP contribution in [-0.2, 0) is 32.0 Å². The second-order valence-electron chi connectivity index (χ2n) is 12.4. The van der Waals surface area contributed by atoms with Gasteiger partial charge >= 0.3 is 6.09 Å². The number of benzene rings is 2. The van der Waals surface area contributed by atoms with Gasteiger partial charge in [-0.25, -0.2) is 4.79 Å². The number of unbranched alkanes of at least 4 members (excludes halogenated alkanes) is 1. The van der Waals surface area contributed by atoms with E-state index in [1.54, 1.807) is 33.3 Å². The van der Waals surface area contributed by atoms with Crippen molar-refractivity contribution in [3.63, 3.8) is 0 Å². The first-order valence-electron chi connectivity index (χ1n) is 17.2. The van der Waals surface area contributed by atoms with Crippen LogP contribution in [0, 0.1) is 0 Å². The number of Topliss-reactive ketones (excluding diaryl/α,β-unsaturated/α-hetero) is 1. The first kappa shape index (κ1) is 44.5. The molecule has 0 N–H and O–H groups in total. The van der Waals surface area contributed by atoms with E-state index in [1.165, 1.54) is 35.6 Å². The molecule has 0 atom stereocenters. The molecule has 2 aliphatic heterocycles. The fourth-order valence-corrected chi connectivity index (χ4v) is 5.13. The molecule has 5 rings (SSSR count). The summed E-state index contributed by atoms with van der Waals surface area (Å²) in [5, 5.41) is 0. The summed E-state index contributed by atoms with van der Waals surface area (Å²) in [5.74, 6) is 1.18. The molecule has 2 aromatic rings. The van der Waals surface area contributed by atoms with Crippen LogP contribution in [0.5, 0.6) is 5.75 Å². The Morgan fingerprint density at radius 2 is 1.48 bits per heavy atom. The Balaban J connectivity index is 0.000000802. The molecule has 0 unspecified atom stereocenters. The summed E-state index contributed by atoms with van der Waals surface area (Å²) < 4.78 is 19.7. The number of carbonyl (C=O) groups excluding carboxylic acids is 3. The number of ketones is 1. The van der Waals surface area contributed by atoms with Gasteiger partial charge in [-0.15, -0.1) is 0 Å². The van der Waals surface area contributed by atoms with Crippen LogP contribution >= 0.6 is 0 Å². The van der Waals surface area contributed by atoms with Crippen LogP contribution in [0.25, 0.3) is 16.7 Å². The lowest BCUT2D eigenvalue weighted by atomic mass is 9.84. The van der Waals surface area contributed by atoms with E-state index in [2.05, 4.69) is 41.2 Å². The SMILES string of the molecule is C=C1CCCc2cc3c(cc21)OCc1cc(C(=O)CCCC)ccc1-3.CC.CC(C)(C)OC(=O)N1CCCC1.CC=O.COC.COC. The van der Waals surface area contributed by atoms with E-state index in [9.17, 15) is 9.59 Å². The Bertz CT molecular complexity index is 1250. The van der Waals surface area contributed by atoms with Crippen LogP contribution in [-0.4, -0.2) is 70.2 Å². The van der Waals surface area contributed by atoms with Gasteiger partial charge in [-0.05, 0) is 112 Å². The summed E-state index contributed by atoms with van der Waals surface area (Å²) in [5.41, 5.74) is 7.77. The first-order chi connectivity index (χ1) is 22.9. The van der Waals surface area contributed by atoms with Gasteiger partial charge in [0.05, 0.1) is 0 Å². The van der Waals surface area contributed by atoms with E-state index in [4.69, 9.17) is 14.3 Å². The number of aldehydes is 1. The monoisotopic (exact) mass is 669 g/mol. The number of carbonyl (C=O) groups is 3. The number of allylic oxidation sites excluding steroid dienone is 1. The van der Waals surface area contributed by atoms with Crippen molar-refractivity contribution in [3.05, 3.63) is 59.2 Å². The summed E-state index contributed by atoms with van der Waals surface area (Å²) >= 11 is 0. The lowest BCUT2D eigenvalue weighted by molar-refractivity contribution is -0.106. The summed E-state index contributed by atoms with van der Waals surface area (Å²) in [7, 11) is 6.50. The van der Waals surface area contributed by atoms with Crippen LogP contribution in [0.3, 0.4) is 0 Å². The number of hydrogen-bond donors (Lipinski definition) is 0. The van der Waals surface area contributed by atoms with Gasteiger partial charge in [-0.2, -0.15) is 0 Å². The van der Waals surface area contributed by atoms with Gasteiger partial charge in [0.1, 0.15) is 24.2 Å². The minimum atomic E-state index is -0.361. The standard InChI is InChI=1S/C23H24O2.C9H17NO2.2C2H6O.C2H4O.C2H6/c1-3-4-8-22(24)17-9-10-19-18(11-17)14-25-23-13-20-15(2)6-5-7-16(20)12-21(19)23;1-9(2,3)12-8(11)10-6-4-5-7-10;2*1-3-2;1-2-3;1-2/h9-13H,2-8,14H2,1H3;4-7H2,1-3H3;2*1-2H3;2H,1H3;1-2H3. The molecule has 0 saturated carbocycles. The highest BCUT2D eigenvalue weighted by Gasteiger charge is 2.25. The molecule has 1 saturated heterocycles. The molecule has 0 bridgehead atoms. The number of methoxy groups -OCH3 is 2. The summed E-state index contributed by atoms with van der Waals surface area (Å²) in [4.78, 5) is 34.3. The van der Waals surface area contributed by atoms with E-state index < -0.39 is 0 Å². The van der Waals surface area contributed by atoms with E-state index in [0.717, 1.165) is 80.3 Å². The normalized spacial score (nSPS) is 13.5. The molecule has 8 heteroatoms. The smallest absolute Gasteiger partial charge is 0.410 e. The third kappa shape index (κ3) is 15.6. The molecule has 1 amide bonds. The second-order valence-corrected chi connectivity index (χ2v) is 12.4. The number of hydrogen-bond acceptors (Lipinski definition) is 7. The summed E-state index contributed by atoms with van der Waals surface area (Å²) in [6.07, 6.45) is 8.77. The topological polar surface area (TPSA) is 91.4 Å². The van der Waals surface area contributed by atoms with Gasteiger partial charge in [0.25, 0.3) is 0 Å². The Kier molecular flexibility index (Phi) is 22.8. The molecule has 48 heavy (non-hydrogen) atoms. The fraction of sp³-hybridized carbons (Fsp3) is 0.575. The highest BCUT2D eigenvalue weighted by Crippen LogP contribution is 2.43. The lowest BCUT2D eigenvalue weighted by Crippen LogP contribution is -2.34. The van der Waals surface area contributed by atoms with Crippen molar-refractivity contribution < 1.29 is 33.3 Å². The van der Waals surface area contributed by atoms with E-state index in [-0.39, 0.29) is 17.5 Å². The number of ether oxygens (including phenoxy) is 4. The minimum Gasteiger partial charge on any atom is -0.488 e. The van der Waals surface area contributed by atoms with E-state index >= 15 is 0 Å². The third-order valence-electron chi connectivity index (χ3n) is 7.13. The molecule has 0 spiro atoms. The molecule has 0 radical (unpaired) electrons. The highest BCUT2D eigenvalue weighted by molar-refractivity contribution is 5.97. The molecule has 3 aliphatic rings. The maximum absolute atomic E-state index is 12.3. The number of likely N-dealkylation sites (tertiary alicyclic amines) is 1. The molecular weight excluding hydrogens is 606 g/mol. The first-order valence-corrected chi connectivity index (χ1v) is 17.2. The van der Waals surface area contributed by atoms with Crippen molar-refractivity contribution in [2.75, 3.05) is 41.5 Å². The molecule has 2 aromatic carbocycles. The van der Waals surface area contributed by atoms with Gasteiger partial charge in [0.2, 0.25) is 0 Å². The lowest BCUT2D eigenvalue weighted by Gasteiger charge is -2.26. The predicted molar refractivity (Wildman–Crippen MR) is 198 cm³/mol. The van der Waals surface area contributed by atoms with Crippen molar-refractivity contribution in [3.8, 4) is 16.9 Å². The molecular formula is C40H63NO7. The number of rotatable bonds is 4. The van der Waals surface area contributed by atoms with Crippen LogP contribution in [0.15, 0.2) is 36.9 Å². The van der Waals surface area contributed by atoms with E-state index in [0.29, 0.717) is 13.0 Å². The Hall–Kier alpha value is -3.49. The quantitative estimate of drug-likeness (QED) is 0.236.